The van der Waals surface area contributed by atoms with Gasteiger partial charge in [0.1, 0.15) is 13.2 Å². The molecule has 0 radical (unpaired) electrons. The first-order valence-corrected chi connectivity index (χ1v) is 9.73. The van der Waals surface area contributed by atoms with Crippen molar-refractivity contribution in [1.29, 1.82) is 0 Å². The van der Waals surface area contributed by atoms with Gasteiger partial charge in [-0.05, 0) is 25.1 Å². The van der Waals surface area contributed by atoms with Gasteiger partial charge in [0.05, 0.1) is 12.3 Å². The number of benzene rings is 1. The molecule has 2 heterocycles. The molecule has 0 N–H and O–H groups in total. The molecule has 0 bridgehead atoms. The lowest BCUT2D eigenvalue weighted by molar-refractivity contribution is 0.0900. The van der Waals surface area contributed by atoms with E-state index in [-0.39, 0.29) is 18.1 Å². The number of ether oxygens (including phenoxy) is 2. The first-order valence-electron chi connectivity index (χ1n) is 8.12. The van der Waals surface area contributed by atoms with E-state index in [1.54, 1.807) is 25.1 Å². The number of hydrogen-bond acceptors (Lipinski definition) is 6. The van der Waals surface area contributed by atoms with Crippen LogP contribution >= 0.6 is 0 Å². The minimum absolute atomic E-state index is 0.00114. The number of carbonyl (C=O) groups excluding carboxylic acids is 1. The summed E-state index contributed by atoms with van der Waals surface area (Å²) >= 11 is 0. The lowest BCUT2D eigenvalue weighted by atomic mass is 10.1. The summed E-state index contributed by atoms with van der Waals surface area (Å²) in [6.07, 6.45) is 0. The Balaban J connectivity index is 1.58. The Morgan fingerprint density at radius 3 is 2.42 bits per heavy atom. The summed E-state index contributed by atoms with van der Waals surface area (Å²) in [5, 5.41) is 0. The summed E-state index contributed by atoms with van der Waals surface area (Å²) in [6, 6.07) is 5.22. The molecule has 1 aromatic carbocycles. The molecule has 7 nitrogen and oxygen atoms in total. The van der Waals surface area contributed by atoms with Crippen molar-refractivity contribution in [2.75, 3.05) is 51.7 Å². The third-order valence-electron chi connectivity index (χ3n) is 4.32. The van der Waals surface area contributed by atoms with E-state index in [9.17, 15) is 13.2 Å². The van der Waals surface area contributed by atoms with Crippen LogP contribution in [0.1, 0.15) is 17.3 Å². The molecule has 8 heteroatoms. The molecule has 0 saturated carbocycles. The fourth-order valence-electron chi connectivity index (χ4n) is 2.86. The van der Waals surface area contributed by atoms with Gasteiger partial charge in [0.2, 0.25) is 10.0 Å². The smallest absolute Gasteiger partial charge is 0.213 e. The molecule has 1 saturated heterocycles. The van der Waals surface area contributed by atoms with Crippen molar-refractivity contribution in [2.24, 2.45) is 0 Å². The molecular weight excluding hydrogens is 332 g/mol. The number of Topliss-reactive ketones (excluding diaryl/α,β-unsaturated/α-hetero) is 1. The van der Waals surface area contributed by atoms with Crippen LogP contribution in [-0.4, -0.2) is 75.1 Å². The summed E-state index contributed by atoms with van der Waals surface area (Å²) < 4.78 is 36.2. The Kier molecular flexibility index (Phi) is 5.07. The summed E-state index contributed by atoms with van der Waals surface area (Å²) in [6.45, 7) is 4.93. The Morgan fingerprint density at radius 2 is 1.75 bits per heavy atom. The fourth-order valence-corrected chi connectivity index (χ4v) is 3.94. The largest absolute Gasteiger partial charge is 0.486 e. The van der Waals surface area contributed by atoms with Gasteiger partial charge in [-0.2, -0.15) is 4.31 Å². The molecule has 1 fully saturated rings. The van der Waals surface area contributed by atoms with Crippen molar-refractivity contribution in [1.82, 2.24) is 9.21 Å². The highest BCUT2D eigenvalue weighted by Gasteiger charge is 2.26. The van der Waals surface area contributed by atoms with E-state index in [1.165, 1.54) is 4.31 Å². The SMILES string of the molecule is CCS(=O)(=O)N1CCN(CC(=O)c2ccc3c(c2)OCCO3)CC1. The molecule has 2 aliphatic heterocycles. The highest BCUT2D eigenvalue weighted by molar-refractivity contribution is 7.89. The molecule has 0 aliphatic carbocycles. The molecular formula is C16H22N2O5S. The van der Waals surface area contributed by atoms with Crippen molar-refractivity contribution >= 4 is 15.8 Å². The van der Waals surface area contributed by atoms with E-state index >= 15 is 0 Å². The van der Waals surface area contributed by atoms with E-state index in [4.69, 9.17) is 9.47 Å². The maximum atomic E-state index is 12.5. The number of sulfonamides is 1. The highest BCUT2D eigenvalue weighted by Crippen LogP contribution is 2.30. The van der Waals surface area contributed by atoms with Gasteiger partial charge >= 0.3 is 0 Å². The molecule has 0 spiro atoms. The number of ketones is 1. The maximum absolute atomic E-state index is 12.5. The molecule has 2 aliphatic rings. The van der Waals surface area contributed by atoms with Crippen molar-refractivity contribution < 1.29 is 22.7 Å². The second-order valence-corrected chi connectivity index (χ2v) is 8.11. The second-order valence-electron chi connectivity index (χ2n) is 5.86. The number of piperazine rings is 1. The first-order chi connectivity index (χ1) is 11.5. The third-order valence-corrected chi connectivity index (χ3v) is 6.20. The molecule has 0 amide bonds. The summed E-state index contributed by atoms with van der Waals surface area (Å²) in [7, 11) is -3.14. The van der Waals surface area contributed by atoms with Gasteiger partial charge < -0.3 is 9.47 Å². The van der Waals surface area contributed by atoms with Crippen molar-refractivity contribution in [3.63, 3.8) is 0 Å². The molecule has 132 valence electrons. The van der Waals surface area contributed by atoms with Crippen LogP contribution in [0.25, 0.3) is 0 Å². The van der Waals surface area contributed by atoms with E-state index in [0.29, 0.717) is 56.5 Å². The third kappa shape index (κ3) is 3.71. The zero-order valence-corrected chi connectivity index (χ0v) is 14.5. The van der Waals surface area contributed by atoms with Crippen LogP contribution in [0.2, 0.25) is 0 Å². The predicted octanol–water partition coefficient (Wildman–Crippen LogP) is 0.608. The van der Waals surface area contributed by atoms with E-state index < -0.39 is 10.0 Å². The van der Waals surface area contributed by atoms with Crippen LogP contribution < -0.4 is 9.47 Å². The normalized spacial score (nSPS) is 19.2. The lowest BCUT2D eigenvalue weighted by Crippen LogP contribution is -2.50. The average Bonchev–Trinajstić information content (AvgIpc) is 2.61. The Labute approximate surface area is 142 Å². The Morgan fingerprint density at radius 1 is 1.08 bits per heavy atom. The maximum Gasteiger partial charge on any atom is 0.213 e. The van der Waals surface area contributed by atoms with Gasteiger partial charge in [-0.15, -0.1) is 0 Å². The number of nitrogens with zero attached hydrogens (tertiary/aromatic N) is 2. The molecule has 0 aromatic heterocycles. The Bertz CT molecular complexity index is 711. The fraction of sp³-hybridized carbons (Fsp3) is 0.562. The highest BCUT2D eigenvalue weighted by atomic mass is 32.2. The lowest BCUT2D eigenvalue weighted by Gasteiger charge is -2.33. The van der Waals surface area contributed by atoms with Crippen molar-refractivity contribution in [3.05, 3.63) is 23.8 Å². The zero-order valence-electron chi connectivity index (χ0n) is 13.7. The van der Waals surface area contributed by atoms with Gasteiger partial charge in [-0.1, -0.05) is 0 Å². The van der Waals surface area contributed by atoms with Crippen molar-refractivity contribution in [3.8, 4) is 11.5 Å². The van der Waals surface area contributed by atoms with Crippen LogP contribution in [0.15, 0.2) is 18.2 Å². The van der Waals surface area contributed by atoms with Crippen LogP contribution in [0, 0.1) is 0 Å². The van der Waals surface area contributed by atoms with E-state index in [0.717, 1.165) is 0 Å². The molecule has 0 atom stereocenters. The van der Waals surface area contributed by atoms with Crippen LogP contribution in [-0.2, 0) is 10.0 Å². The van der Waals surface area contributed by atoms with E-state index in [1.807, 2.05) is 4.90 Å². The minimum atomic E-state index is -3.14. The predicted molar refractivity (Wildman–Crippen MR) is 89.2 cm³/mol. The summed E-state index contributed by atoms with van der Waals surface area (Å²) in [5.41, 5.74) is 0.586. The van der Waals surface area contributed by atoms with Gasteiger partial charge in [0.15, 0.2) is 17.3 Å². The molecule has 3 rings (SSSR count). The standard InChI is InChI=1S/C16H22N2O5S/c1-2-24(20,21)18-7-5-17(6-8-18)12-14(19)13-3-4-15-16(11-13)23-10-9-22-15/h3-4,11H,2,5-10,12H2,1H3. The monoisotopic (exact) mass is 354 g/mol. The van der Waals surface area contributed by atoms with Crippen LogP contribution in [0.4, 0.5) is 0 Å². The second kappa shape index (κ2) is 7.08. The molecule has 24 heavy (non-hydrogen) atoms. The number of rotatable bonds is 5. The topological polar surface area (TPSA) is 76.2 Å². The zero-order chi connectivity index (χ0) is 17.2. The van der Waals surface area contributed by atoms with Gasteiger partial charge in [-0.3, -0.25) is 9.69 Å². The molecule has 0 unspecified atom stereocenters. The summed E-state index contributed by atoms with van der Waals surface area (Å²) in [4.78, 5) is 14.5. The minimum Gasteiger partial charge on any atom is -0.486 e. The number of carbonyl (C=O) groups is 1. The average molecular weight is 354 g/mol. The van der Waals surface area contributed by atoms with Gasteiger partial charge in [0, 0.05) is 31.7 Å². The first kappa shape index (κ1) is 17.2. The van der Waals surface area contributed by atoms with Crippen LogP contribution in [0.5, 0.6) is 11.5 Å². The Hall–Kier alpha value is -1.64. The van der Waals surface area contributed by atoms with Gasteiger partial charge in [0.25, 0.3) is 0 Å². The quantitative estimate of drug-likeness (QED) is 0.721. The van der Waals surface area contributed by atoms with Crippen molar-refractivity contribution in [2.45, 2.75) is 6.92 Å². The summed E-state index contributed by atoms with van der Waals surface area (Å²) in [5.74, 6) is 1.38. The van der Waals surface area contributed by atoms with Gasteiger partial charge in [-0.25, -0.2) is 8.42 Å². The van der Waals surface area contributed by atoms with E-state index in [2.05, 4.69) is 0 Å². The number of hydrogen-bond donors (Lipinski definition) is 0. The molecule has 1 aromatic rings. The van der Waals surface area contributed by atoms with Crippen LogP contribution in [0.3, 0.4) is 0 Å². The number of fused-ring (bicyclic) bond motifs is 1.